The Bertz CT molecular complexity index is 1440. The van der Waals surface area contributed by atoms with Gasteiger partial charge >= 0.3 is 0 Å². The largest absolute Gasteiger partial charge is 0.390 e. The first-order valence-corrected chi connectivity index (χ1v) is 12.4. The molecule has 0 radical (unpaired) electrons. The highest BCUT2D eigenvalue weighted by atomic mass is 32.2. The highest BCUT2D eigenvalue weighted by Gasteiger charge is 2.18. The lowest BCUT2D eigenvalue weighted by Gasteiger charge is -2.12. The number of aromatic nitrogens is 4. The van der Waals surface area contributed by atoms with Crippen LogP contribution in [0, 0.1) is 6.92 Å². The van der Waals surface area contributed by atoms with Gasteiger partial charge in [0.15, 0.2) is 5.16 Å². The summed E-state index contributed by atoms with van der Waals surface area (Å²) in [5, 5.41) is 22.3. The van der Waals surface area contributed by atoms with Crippen molar-refractivity contribution in [2.24, 2.45) is 0 Å². The molecule has 0 aliphatic rings. The molecule has 33 heavy (non-hydrogen) atoms. The lowest BCUT2D eigenvalue weighted by Crippen LogP contribution is -2.22. The molecule has 168 valence electrons. The molecule has 5 aromatic rings. The molecule has 0 amide bonds. The number of ether oxygens (including phenoxy) is 1. The minimum absolute atomic E-state index is 0.145. The van der Waals surface area contributed by atoms with Crippen LogP contribution in [0.2, 0.25) is 0 Å². The molecule has 0 aliphatic heterocycles. The first-order chi connectivity index (χ1) is 16.1. The zero-order chi connectivity index (χ0) is 22.8. The molecule has 1 unspecified atom stereocenters. The Kier molecular flexibility index (Phi) is 6.28. The molecule has 0 bridgehead atoms. The van der Waals surface area contributed by atoms with Gasteiger partial charge in [-0.15, -0.1) is 21.5 Å². The maximum absolute atomic E-state index is 13.3. The van der Waals surface area contributed by atoms with Crippen molar-refractivity contribution in [1.29, 1.82) is 0 Å². The van der Waals surface area contributed by atoms with Gasteiger partial charge < -0.3 is 9.84 Å². The number of thioether (sulfide) groups is 1. The number of fused-ring (bicyclic) bond motifs is 3. The van der Waals surface area contributed by atoms with Crippen molar-refractivity contribution < 1.29 is 9.84 Å². The minimum Gasteiger partial charge on any atom is -0.390 e. The number of thiophene rings is 1. The fourth-order valence-electron chi connectivity index (χ4n) is 3.61. The van der Waals surface area contributed by atoms with E-state index in [2.05, 4.69) is 10.2 Å². The van der Waals surface area contributed by atoms with Gasteiger partial charge in [0.25, 0.3) is 5.56 Å². The van der Waals surface area contributed by atoms with Gasteiger partial charge in [0.05, 0.1) is 35.9 Å². The SMILES string of the molecule is Cc1ccc(-n2c(=O)c3ccccc3n3c(SCC(O)COCc4cccs4)nnc23)cc1. The van der Waals surface area contributed by atoms with E-state index in [0.29, 0.717) is 28.7 Å². The van der Waals surface area contributed by atoms with Gasteiger partial charge in [-0.1, -0.05) is 47.7 Å². The Morgan fingerprint density at radius 1 is 1.09 bits per heavy atom. The molecule has 9 heteroatoms. The summed E-state index contributed by atoms with van der Waals surface area (Å²) in [6.45, 7) is 2.72. The van der Waals surface area contributed by atoms with E-state index in [1.165, 1.54) is 11.8 Å². The highest BCUT2D eigenvalue weighted by Crippen LogP contribution is 2.24. The van der Waals surface area contributed by atoms with Gasteiger partial charge in [-0.05, 0) is 42.6 Å². The molecule has 3 aromatic heterocycles. The number of rotatable bonds is 8. The molecule has 0 fully saturated rings. The molecule has 0 saturated carbocycles. The van der Waals surface area contributed by atoms with Crippen LogP contribution in [-0.4, -0.2) is 42.7 Å². The summed E-state index contributed by atoms with van der Waals surface area (Å²) in [5.41, 5.74) is 2.42. The standard InChI is InChI=1S/C24H22N4O3S2/c1-16-8-10-17(11-9-16)27-22(30)20-6-2-3-7-21(20)28-23(27)25-26-24(28)33-15-18(29)13-31-14-19-5-4-12-32-19/h2-12,18,29H,13-15H2,1H3. The molecule has 2 aromatic carbocycles. The minimum atomic E-state index is -0.656. The summed E-state index contributed by atoms with van der Waals surface area (Å²) in [4.78, 5) is 14.5. The van der Waals surface area contributed by atoms with Gasteiger partial charge in [0, 0.05) is 10.6 Å². The zero-order valence-electron chi connectivity index (χ0n) is 17.9. The van der Waals surface area contributed by atoms with Crippen molar-refractivity contribution in [3.8, 4) is 5.69 Å². The van der Waals surface area contributed by atoms with Crippen molar-refractivity contribution in [3.05, 3.63) is 86.8 Å². The number of hydrogen-bond donors (Lipinski definition) is 1. The van der Waals surface area contributed by atoms with Crippen LogP contribution in [0.5, 0.6) is 0 Å². The third-order valence-electron chi connectivity index (χ3n) is 5.23. The summed E-state index contributed by atoms with van der Waals surface area (Å²) in [5.74, 6) is 0.830. The molecule has 1 atom stereocenters. The maximum Gasteiger partial charge on any atom is 0.267 e. The van der Waals surface area contributed by atoms with Gasteiger partial charge in [0.1, 0.15) is 0 Å². The predicted molar refractivity (Wildman–Crippen MR) is 132 cm³/mol. The summed E-state index contributed by atoms with van der Waals surface area (Å²) in [7, 11) is 0. The van der Waals surface area contributed by atoms with Crippen LogP contribution in [0.25, 0.3) is 22.4 Å². The zero-order valence-corrected chi connectivity index (χ0v) is 19.6. The quantitative estimate of drug-likeness (QED) is 0.339. The molecule has 0 spiro atoms. The lowest BCUT2D eigenvalue weighted by atomic mass is 10.2. The Hall–Kier alpha value is -2.98. The monoisotopic (exact) mass is 478 g/mol. The average molecular weight is 479 g/mol. The van der Waals surface area contributed by atoms with E-state index in [-0.39, 0.29) is 12.2 Å². The smallest absolute Gasteiger partial charge is 0.267 e. The molecular formula is C24H22N4O3S2. The summed E-state index contributed by atoms with van der Waals surface area (Å²) in [6, 6.07) is 19.2. The van der Waals surface area contributed by atoms with Gasteiger partial charge in [-0.25, -0.2) is 4.57 Å². The number of benzene rings is 2. The first kappa shape index (κ1) is 21.8. The fraction of sp³-hybridized carbons (Fsp3) is 0.208. The summed E-state index contributed by atoms with van der Waals surface area (Å²) < 4.78 is 9.09. The van der Waals surface area contributed by atoms with Crippen LogP contribution >= 0.6 is 23.1 Å². The van der Waals surface area contributed by atoms with E-state index in [1.807, 2.05) is 77.4 Å². The van der Waals surface area contributed by atoms with Crippen molar-refractivity contribution in [1.82, 2.24) is 19.2 Å². The van der Waals surface area contributed by atoms with E-state index >= 15 is 0 Å². The second-order valence-corrected chi connectivity index (χ2v) is 9.69. The van der Waals surface area contributed by atoms with Crippen molar-refractivity contribution >= 4 is 39.8 Å². The third-order valence-corrected chi connectivity index (χ3v) is 7.15. The normalized spacial score (nSPS) is 12.5. The molecule has 3 heterocycles. The van der Waals surface area contributed by atoms with Crippen LogP contribution < -0.4 is 5.56 Å². The fourth-order valence-corrected chi connectivity index (χ4v) is 5.09. The molecular weight excluding hydrogens is 456 g/mol. The van der Waals surface area contributed by atoms with Gasteiger partial charge in [0.2, 0.25) is 5.78 Å². The summed E-state index contributed by atoms with van der Waals surface area (Å²) in [6.07, 6.45) is -0.656. The highest BCUT2D eigenvalue weighted by molar-refractivity contribution is 7.99. The van der Waals surface area contributed by atoms with E-state index in [1.54, 1.807) is 15.9 Å². The van der Waals surface area contributed by atoms with Crippen molar-refractivity contribution in [3.63, 3.8) is 0 Å². The molecule has 5 rings (SSSR count). The second kappa shape index (κ2) is 9.48. The maximum atomic E-state index is 13.3. The number of aliphatic hydroxyl groups is 1. The topological polar surface area (TPSA) is 81.7 Å². The number of aliphatic hydroxyl groups excluding tert-OH is 1. The Balaban J connectivity index is 1.45. The number of hydrogen-bond acceptors (Lipinski definition) is 7. The number of aryl methyl sites for hydroxylation is 1. The Morgan fingerprint density at radius 2 is 1.91 bits per heavy atom. The van der Waals surface area contributed by atoms with Crippen LogP contribution in [0.3, 0.4) is 0 Å². The van der Waals surface area contributed by atoms with Crippen LogP contribution in [0.4, 0.5) is 0 Å². The molecule has 1 N–H and O–H groups in total. The third kappa shape index (κ3) is 4.45. The summed E-state index contributed by atoms with van der Waals surface area (Å²) >= 11 is 3.01. The first-order valence-electron chi connectivity index (χ1n) is 10.5. The number of nitrogens with zero attached hydrogens (tertiary/aromatic N) is 4. The Labute approximate surface area is 198 Å². The lowest BCUT2D eigenvalue weighted by molar-refractivity contribution is 0.0409. The van der Waals surface area contributed by atoms with Crippen molar-refractivity contribution in [2.45, 2.75) is 24.8 Å². The van der Waals surface area contributed by atoms with E-state index in [0.717, 1.165) is 21.6 Å². The van der Waals surface area contributed by atoms with Crippen LogP contribution in [-0.2, 0) is 11.3 Å². The second-order valence-electron chi connectivity index (χ2n) is 7.67. The predicted octanol–water partition coefficient (Wildman–Crippen LogP) is 4.07. The molecule has 7 nitrogen and oxygen atoms in total. The van der Waals surface area contributed by atoms with Gasteiger partial charge in [-0.2, -0.15) is 0 Å². The number of para-hydroxylation sites is 1. The Morgan fingerprint density at radius 3 is 2.70 bits per heavy atom. The van der Waals surface area contributed by atoms with Crippen LogP contribution in [0.15, 0.2) is 76.0 Å². The van der Waals surface area contributed by atoms with Crippen molar-refractivity contribution in [2.75, 3.05) is 12.4 Å². The van der Waals surface area contributed by atoms with E-state index < -0.39 is 6.10 Å². The average Bonchev–Trinajstić information content (AvgIpc) is 3.49. The van der Waals surface area contributed by atoms with E-state index in [4.69, 9.17) is 4.74 Å². The van der Waals surface area contributed by atoms with Crippen LogP contribution in [0.1, 0.15) is 10.4 Å². The molecule has 0 aliphatic carbocycles. The van der Waals surface area contributed by atoms with Gasteiger partial charge in [-0.3, -0.25) is 9.20 Å². The van der Waals surface area contributed by atoms with E-state index in [9.17, 15) is 9.90 Å². The molecule has 0 saturated heterocycles.